The zero-order chi connectivity index (χ0) is 19.0. The van der Waals surface area contributed by atoms with E-state index in [1.807, 2.05) is 23.2 Å². The molecule has 0 atom stereocenters. The largest absolute Gasteiger partial charge is 0.354 e. The van der Waals surface area contributed by atoms with E-state index < -0.39 is 10.0 Å². The maximum atomic E-state index is 12.8. The van der Waals surface area contributed by atoms with Crippen LogP contribution in [0.5, 0.6) is 0 Å². The highest BCUT2D eigenvalue weighted by Gasteiger charge is 2.31. The van der Waals surface area contributed by atoms with Crippen LogP contribution in [0.1, 0.15) is 5.82 Å². The number of nitrogens with zero attached hydrogens (tertiary/aromatic N) is 8. The van der Waals surface area contributed by atoms with E-state index in [-0.39, 0.29) is 5.03 Å². The summed E-state index contributed by atoms with van der Waals surface area (Å²) in [5, 5.41) is 4.27. The normalized spacial score (nSPS) is 16.0. The second-order valence-electron chi connectivity index (χ2n) is 6.31. The molecule has 1 aliphatic heterocycles. The molecule has 27 heavy (non-hydrogen) atoms. The van der Waals surface area contributed by atoms with E-state index in [1.54, 1.807) is 35.6 Å². The number of anilines is 1. The average Bonchev–Trinajstić information content (AvgIpc) is 3.33. The van der Waals surface area contributed by atoms with Gasteiger partial charge in [0.2, 0.25) is 0 Å². The van der Waals surface area contributed by atoms with Gasteiger partial charge in [0.25, 0.3) is 10.0 Å². The smallest absolute Gasteiger partial charge is 0.262 e. The second kappa shape index (κ2) is 6.74. The van der Waals surface area contributed by atoms with Crippen LogP contribution in [-0.2, 0) is 17.1 Å². The first-order valence-corrected chi connectivity index (χ1v) is 9.96. The Bertz CT molecular complexity index is 1020. The van der Waals surface area contributed by atoms with E-state index >= 15 is 0 Å². The molecule has 0 radical (unpaired) electrons. The highest BCUT2D eigenvalue weighted by molar-refractivity contribution is 7.89. The first kappa shape index (κ1) is 17.6. The van der Waals surface area contributed by atoms with Gasteiger partial charge in [-0.05, 0) is 13.0 Å². The van der Waals surface area contributed by atoms with Crippen molar-refractivity contribution < 1.29 is 8.42 Å². The molecule has 0 amide bonds. The van der Waals surface area contributed by atoms with Crippen LogP contribution in [-0.4, -0.2) is 68.2 Å². The predicted molar refractivity (Wildman–Crippen MR) is 98.1 cm³/mol. The molecule has 1 saturated heterocycles. The van der Waals surface area contributed by atoms with Crippen LogP contribution in [0.25, 0.3) is 5.82 Å². The SMILES string of the molecule is Cc1nc(S(=O)(=O)N2CCN(c3cc(-n4cccn4)ncn3)CC2)cn1C. The Hall–Kier alpha value is -2.79. The van der Waals surface area contributed by atoms with Crippen molar-refractivity contribution in [2.45, 2.75) is 11.9 Å². The molecular weight excluding hydrogens is 368 g/mol. The van der Waals surface area contributed by atoms with Gasteiger partial charge in [0.1, 0.15) is 18.0 Å². The zero-order valence-corrected chi connectivity index (χ0v) is 15.9. The summed E-state index contributed by atoms with van der Waals surface area (Å²) in [4.78, 5) is 14.8. The van der Waals surface area contributed by atoms with Crippen LogP contribution in [0.3, 0.4) is 0 Å². The van der Waals surface area contributed by atoms with Gasteiger partial charge >= 0.3 is 0 Å². The summed E-state index contributed by atoms with van der Waals surface area (Å²) in [5.74, 6) is 2.09. The third-order valence-corrected chi connectivity index (χ3v) is 6.40. The lowest BCUT2D eigenvalue weighted by molar-refractivity contribution is 0.382. The summed E-state index contributed by atoms with van der Waals surface area (Å²) in [7, 11) is -1.80. The summed E-state index contributed by atoms with van der Waals surface area (Å²) in [5.41, 5.74) is 0. The van der Waals surface area contributed by atoms with Crippen LogP contribution >= 0.6 is 0 Å². The average molecular weight is 388 g/mol. The van der Waals surface area contributed by atoms with Gasteiger partial charge in [-0.2, -0.15) is 9.40 Å². The molecule has 0 aliphatic carbocycles. The number of rotatable bonds is 4. The topological polar surface area (TPSA) is 102 Å². The summed E-state index contributed by atoms with van der Waals surface area (Å²) in [6, 6.07) is 3.67. The maximum absolute atomic E-state index is 12.8. The number of aryl methyl sites for hydroxylation is 2. The highest BCUT2D eigenvalue weighted by Crippen LogP contribution is 2.20. The van der Waals surface area contributed by atoms with Crippen molar-refractivity contribution >= 4 is 15.8 Å². The van der Waals surface area contributed by atoms with Gasteiger partial charge in [0, 0.05) is 57.9 Å². The van der Waals surface area contributed by atoms with Crippen molar-refractivity contribution in [2.24, 2.45) is 7.05 Å². The third kappa shape index (κ3) is 3.30. The fraction of sp³-hybridized carbons (Fsp3) is 0.375. The van der Waals surface area contributed by atoms with Crippen molar-refractivity contribution in [2.75, 3.05) is 31.1 Å². The lowest BCUT2D eigenvalue weighted by Gasteiger charge is -2.34. The first-order valence-electron chi connectivity index (χ1n) is 8.52. The molecule has 142 valence electrons. The lowest BCUT2D eigenvalue weighted by atomic mass is 10.3. The van der Waals surface area contributed by atoms with Crippen LogP contribution in [0.2, 0.25) is 0 Å². The molecular formula is C16H20N8O2S. The Kier molecular flexibility index (Phi) is 4.40. The summed E-state index contributed by atoms with van der Waals surface area (Å²) in [6.45, 7) is 3.61. The van der Waals surface area contributed by atoms with Crippen molar-refractivity contribution in [1.29, 1.82) is 0 Å². The molecule has 0 N–H and O–H groups in total. The Morgan fingerprint density at radius 1 is 1.07 bits per heavy atom. The first-order chi connectivity index (χ1) is 12.9. The van der Waals surface area contributed by atoms with Gasteiger partial charge in [0.05, 0.1) is 0 Å². The van der Waals surface area contributed by atoms with E-state index in [1.165, 1.54) is 10.6 Å². The van der Waals surface area contributed by atoms with Crippen LogP contribution in [0.15, 0.2) is 42.1 Å². The molecule has 10 nitrogen and oxygen atoms in total. The number of hydrogen-bond acceptors (Lipinski definition) is 7. The summed E-state index contributed by atoms with van der Waals surface area (Å²) >= 11 is 0. The van der Waals surface area contributed by atoms with Gasteiger partial charge in [-0.25, -0.2) is 28.1 Å². The third-order valence-electron chi connectivity index (χ3n) is 4.63. The van der Waals surface area contributed by atoms with Crippen LogP contribution in [0.4, 0.5) is 5.82 Å². The van der Waals surface area contributed by atoms with E-state index in [9.17, 15) is 8.42 Å². The molecule has 0 bridgehead atoms. The quantitative estimate of drug-likeness (QED) is 0.630. The minimum absolute atomic E-state index is 0.0963. The van der Waals surface area contributed by atoms with Crippen molar-refractivity contribution in [3.8, 4) is 5.82 Å². The molecule has 0 unspecified atom stereocenters. The fourth-order valence-electron chi connectivity index (χ4n) is 2.98. The molecule has 1 fully saturated rings. The molecule has 0 aromatic carbocycles. The zero-order valence-electron chi connectivity index (χ0n) is 15.1. The monoisotopic (exact) mass is 388 g/mol. The molecule has 1 aliphatic rings. The Labute approximate surface area is 157 Å². The van der Waals surface area contributed by atoms with Gasteiger partial charge < -0.3 is 9.47 Å². The minimum Gasteiger partial charge on any atom is -0.354 e. The Balaban J connectivity index is 1.48. The molecule has 3 aromatic heterocycles. The second-order valence-corrected chi connectivity index (χ2v) is 8.20. The van der Waals surface area contributed by atoms with Crippen molar-refractivity contribution in [3.63, 3.8) is 0 Å². The van der Waals surface area contributed by atoms with Crippen molar-refractivity contribution in [3.05, 3.63) is 42.9 Å². The highest BCUT2D eigenvalue weighted by atomic mass is 32.2. The molecule has 3 aromatic rings. The fourth-order valence-corrected chi connectivity index (χ4v) is 4.43. The molecule has 0 saturated carbocycles. The molecule has 4 rings (SSSR count). The van der Waals surface area contributed by atoms with E-state index in [0.29, 0.717) is 37.8 Å². The van der Waals surface area contributed by atoms with E-state index in [4.69, 9.17) is 0 Å². The predicted octanol–water partition coefficient (Wildman–Crippen LogP) is 0.215. The summed E-state index contributed by atoms with van der Waals surface area (Å²) < 4.78 is 30.4. The number of sulfonamides is 1. The Morgan fingerprint density at radius 2 is 1.81 bits per heavy atom. The molecule has 0 spiro atoms. The van der Waals surface area contributed by atoms with E-state index in [0.717, 1.165) is 5.82 Å². The Morgan fingerprint density at radius 3 is 2.44 bits per heavy atom. The van der Waals surface area contributed by atoms with E-state index in [2.05, 4.69) is 20.1 Å². The molecule has 4 heterocycles. The van der Waals surface area contributed by atoms with Gasteiger partial charge in [0.15, 0.2) is 10.8 Å². The number of imidazole rings is 1. The maximum Gasteiger partial charge on any atom is 0.262 e. The van der Waals surface area contributed by atoms with Crippen molar-refractivity contribution in [1.82, 2.24) is 33.6 Å². The van der Waals surface area contributed by atoms with Gasteiger partial charge in [-0.1, -0.05) is 0 Å². The summed E-state index contributed by atoms with van der Waals surface area (Å²) in [6.07, 6.45) is 6.54. The number of hydrogen-bond donors (Lipinski definition) is 0. The molecule has 11 heteroatoms. The minimum atomic E-state index is -3.59. The van der Waals surface area contributed by atoms with Crippen LogP contribution in [0, 0.1) is 6.92 Å². The number of piperazine rings is 1. The number of aromatic nitrogens is 6. The van der Waals surface area contributed by atoms with Gasteiger partial charge in [-0.15, -0.1) is 0 Å². The van der Waals surface area contributed by atoms with Gasteiger partial charge in [-0.3, -0.25) is 0 Å². The van der Waals surface area contributed by atoms with Crippen LogP contribution < -0.4 is 4.90 Å². The standard InChI is InChI=1S/C16H20N8O2S/c1-13-20-16(11-21(13)2)27(25,26)23-8-6-22(7-9-23)14-10-15(18-12-17-14)24-5-3-4-19-24/h3-5,10-12H,6-9H2,1-2H3. The lowest BCUT2D eigenvalue weighted by Crippen LogP contribution is -2.49.